The quantitative estimate of drug-likeness (QED) is 0.170. The molecule has 1 aliphatic carbocycles. The number of aryl methyl sites for hydroxylation is 2. The fourth-order valence-corrected chi connectivity index (χ4v) is 4.50. The SMILES string of the molecule is C=C(C)C(=O)Oc1ccc(-c2ccc(-c3ccc4c(c3)C(OC(=O)C(=C)C)CC4)cc2C)c(OC(=O)C(=C)C)c1. The Morgan fingerprint density at radius 2 is 1.32 bits per heavy atom. The van der Waals surface area contributed by atoms with Gasteiger partial charge < -0.3 is 14.2 Å². The zero-order chi connectivity index (χ0) is 29.1. The first-order chi connectivity index (χ1) is 18.9. The second kappa shape index (κ2) is 11.6. The minimum Gasteiger partial charge on any atom is -0.454 e. The Hall–Kier alpha value is -4.71. The molecule has 3 aromatic carbocycles. The van der Waals surface area contributed by atoms with Gasteiger partial charge in [-0.15, -0.1) is 0 Å². The molecule has 3 aromatic rings. The first-order valence-electron chi connectivity index (χ1n) is 12.9. The highest BCUT2D eigenvalue weighted by Gasteiger charge is 2.26. The van der Waals surface area contributed by atoms with E-state index in [0.29, 0.717) is 11.1 Å². The van der Waals surface area contributed by atoms with Crippen LogP contribution < -0.4 is 9.47 Å². The summed E-state index contributed by atoms with van der Waals surface area (Å²) in [6.45, 7) is 17.7. The second-order valence-electron chi connectivity index (χ2n) is 10.2. The normalized spacial score (nSPS) is 13.7. The smallest absolute Gasteiger partial charge is 0.338 e. The van der Waals surface area contributed by atoms with E-state index in [9.17, 15) is 14.4 Å². The standard InChI is InChI=1S/C34H32O6/c1-19(2)32(35)38-26-12-14-28(31(18-26)40-34(37)21(5)6)27-13-10-24(16-22(27)7)25-9-8-23-11-15-30(29(23)17-25)39-33(36)20(3)4/h8-10,12-14,16-18,30H,1,3,5,11,15H2,2,4,6-7H3. The van der Waals surface area contributed by atoms with Crippen molar-refractivity contribution < 1.29 is 28.6 Å². The number of rotatable bonds is 8. The molecular weight excluding hydrogens is 504 g/mol. The van der Waals surface area contributed by atoms with E-state index < -0.39 is 11.9 Å². The Labute approximate surface area is 234 Å². The summed E-state index contributed by atoms with van der Waals surface area (Å²) in [6.07, 6.45) is 1.31. The summed E-state index contributed by atoms with van der Waals surface area (Å²) in [5, 5.41) is 0. The molecule has 0 heterocycles. The van der Waals surface area contributed by atoms with Crippen molar-refractivity contribution in [2.75, 3.05) is 0 Å². The summed E-state index contributed by atoms with van der Waals surface area (Å²) in [5.74, 6) is -1.06. The largest absolute Gasteiger partial charge is 0.454 e. The fourth-order valence-electron chi connectivity index (χ4n) is 4.50. The molecule has 0 fully saturated rings. The van der Waals surface area contributed by atoms with E-state index in [1.165, 1.54) is 11.6 Å². The number of benzene rings is 3. The second-order valence-corrected chi connectivity index (χ2v) is 10.2. The van der Waals surface area contributed by atoms with Gasteiger partial charge in [-0.05, 0) is 92.1 Å². The first kappa shape index (κ1) is 28.3. The van der Waals surface area contributed by atoms with E-state index in [1.54, 1.807) is 32.9 Å². The monoisotopic (exact) mass is 536 g/mol. The van der Waals surface area contributed by atoms with Gasteiger partial charge in [0.1, 0.15) is 17.6 Å². The van der Waals surface area contributed by atoms with Crippen molar-refractivity contribution in [3.8, 4) is 33.8 Å². The van der Waals surface area contributed by atoms with Gasteiger partial charge in [0.05, 0.1) is 0 Å². The predicted molar refractivity (Wildman–Crippen MR) is 155 cm³/mol. The van der Waals surface area contributed by atoms with Gasteiger partial charge in [0, 0.05) is 28.3 Å². The van der Waals surface area contributed by atoms with Crippen LogP contribution in [0.1, 0.15) is 50.0 Å². The van der Waals surface area contributed by atoms with E-state index in [-0.39, 0.29) is 34.7 Å². The highest BCUT2D eigenvalue weighted by Crippen LogP contribution is 2.40. The van der Waals surface area contributed by atoms with Crippen LogP contribution in [-0.4, -0.2) is 17.9 Å². The predicted octanol–water partition coefficient (Wildman–Crippen LogP) is 7.40. The average Bonchev–Trinajstić information content (AvgIpc) is 3.30. The molecule has 0 amide bonds. The van der Waals surface area contributed by atoms with Crippen LogP contribution in [0.4, 0.5) is 0 Å². The summed E-state index contributed by atoms with van der Waals surface area (Å²) in [5.41, 5.74) is 7.52. The van der Waals surface area contributed by atoms with Gasteiger partial charge in [-0.3, -0.25) is 0 Å². The Kier molecular flexibility index (Phi) is 8.19. The Bertz CT molecular complexity index is 1580. The molecule has 6 heteroatoms. The summed E-state index contributed by atoms with van der Waals surface area (Å²) in [6, 6.07) is 17.2. The number of carbonyl (C=O) groups excluding carboxylic acids is 3. The Balaban J connectivity index is 1.68. The molecule has 0 bridgehead atoms. The van der Waals surface area contributed by atoms with Crippen molar-refractivity contribution in [1.29, 1.82) is 0 Å². The number of fused-ring (bicyclic) bond motifs is 1. The van der Waals surface area contributed by atoms with Gasteiger partial charge in [0.15, 0.2) is 0 Å². The van der Waals surface area contributed by atoms with E-state index in [0.717, 1.165) is 40.7 Å². The lowest BCUT2D eigenvalue weighted by Crippen LogP contribution is -2.11. The fraction of sp³-hybridized carbons (Fsp3) is 0.206. The summed E-state index contributed by atoms with van der Waals surface area (Å²) in [4.78, 5) is 36.6. The van der Waals surface area contributed by atoms with Crippen molar-refractivity contribution in [2.45, 2.75) is 46.6 Å². The minimum atomic E-state index is -0.584. The van der Waals surface area contributed by atoms with Crippen LogP contribution in [0.5, 0.6) is 11.5 Å². The third-order valence-electron chi connectivity index (χ3n) is 6.68. The average molecular weight is 537 g/mol. The maximum absolute atomic E-state index is 12.4. The van der Waals surface area contributed by atoms with Crippen LogP contribution in [0.25, 0.3) is 22.3 Å². The molecule has 0 saturated heterocycles. The van der Waals surface area contributed by atoms with Crippen LogP contribution in [0, 0.1) is 6.92 Å². The molecule has 6 nitrogen and oxygen atoms in total. The van der Waals surface area contributed by atoms with Gasteiger partial charge in [0.2, 0.25) is 0 Å². The Morgan fingerprint density at radius 1 is 0.725 bits per heavy atom. The first-order valence-corrected chi connectivity index (χ1v) is 12.9. The lowest BCUT2D eigenvalue weighted by molar-refractivity contribution is -0.144. The molecule has 1 atom stereocenters. The lowest BCUT2D eigenvalue weighted by Gasteiger charge is -2.16. The molecule has 1 unspecified atom stereocenters. The van der Waals surface area contributed by atoms with Crippen molar-refractivity contribution in [3.05, 3.63) is 108 Å². The molecule has 0 spiro atoms. The van der Waals surface area contributed by atoms with Crippen molar-refractivity contribution >= 4 is 17.9 Å². The van der Waals surface area contributed by atoms with Crippen molar-refractivity contribution in [1.82, 2.24) is 0 Å². The minimum absolute atomic E-state index is 0.232. The molecule has 0 aromatic heterocycles. The van der Waals surface area contributed by atoms with Crippen LogP contribution in [0.3, 0.4) is 0 Å². The topological polar surface area (TPSA) is 78.9 Å². The zero-order valence-electron chi connectivity index (χ0n) is 23.3. The number of carbonyl (C=O) groups is 3. The summed E-state index contributed by atoms with van der Waals surface area (Å²) >= 11 is 0. The van der Waals surface area contributed by atoms with Crippen LogP contribution in [0.15, 0.2) is 91.1 Å². The zero-order valence-corrected chi connectivity index (χ0v) is 23.3. The van der Waals surface area contributed by atoms with E-state index >= 15 is 0 Å². The van der Waals surface area contributed by atoms with Gasteiger partial charge in [-0.1, -0.05) is 50.1 Å². The third kappa shape index (κ3) is 6.12. The molecule has 0 radical (unpaired) electrons. The third-order valence-corrected chi connectivity index (χ3v) is 6.68. The molecule has 0 saturated carbocycles. The highest BCUT2D eigenvalue weighted by molar-refractivity contribution is 5.92. The number of hydrogen-bond donors (Lipinski definition) is 0. The molecule has 40 heavy (non-hydrogen) atoms. The Morgan fingerprint density at radius 3 is 1.98 bits per heavy atom. The van der Waals surface area contributed by atoms with Crippen molar-refractivity contribution in [2.24, 2.45) is 0 Å². The van der Waals surface area contributed by atoms with E-state index in [1.807, 2.05) is 19.1 Å². The molecule has 0 aliphatic heterocycles. The van der Waals surface area contributed by atoms with Crippen molar-refractivity contribution in [3.63, 3.8) is 0 Å². The van der Waals surface area contributed by atoms with Crippen LogP contribution in [-0.2, 0) is 25.5 Å². The van der Waals surface area contributed by atoms with E-state index in [4.69, 9.17) is 14.2 Å². The number of esters is 3. The number of hydrogen-bond acceptors (Lipinski definition) is 6. The van der Waals surface area contributed by atoms with Crippen LogP contribution in [0.2, 0.25) is 0 Å². The van der Waals surface area contributed by atoms with Gasteiger partial charge in [-0.2, -0.15) is 0 Å². The molecule has 204 valence electrons. The van der Waals surface area contributed by atoms with E-state index in [2.05, 4.69) is 44.0 Å². The summed E-state index contributed by atoms with van der Waals surface area (Å²) in [7, 11) is 0. The van der Waals surface area contributed by atoms with Gasteiger partial charge in [-0.25, -0.2) is 14.4 Å². The summed E-state index contributed by atoms with van der Waals surface area (Å²) < 4.78 is 16.7. The lowest BCUT2D eigenvalue weighted by atomic mass is 9.93. The molecular formula is C34H32O6. The molecule has 4 rings (SSSR count). The maximum Gasteiger partial charge on any atom is 0.338 e. The number of ether oxygens (including phenoxy) is 3. The maximum atomic E-state index is 12.4. The van der Waals surface area contributed by atoms with Gasteiger partial charge in [0.25, 0.3) is 0 Å². The van der Waals surface area contributed by atoms with Gasteiger partial charge >= 0.3 is 17.9 Å². The van der Waals surface area contributed by atoms with Crippen LogP contribution >= 0.6 is 0 Å². The highest BCUT2D eigenvalue weighted by atomic mass is 16.6. The molecule has 0 N–H and O–H groups in total. The molecule has 1 aliphatic rings.